The van der Waals surface area contributed by atoms with E-state index in [-0.39, 0.29) is 5.97 Å². The maximum absolute atomic E-state index is 9.82. The summed E-state index contributed by atoms with van der Waals surface area (Å²) in [6.07, 6.45) is 0.389. The lowest BCUT2D eigenvalue weighted by Gasteiger charge is -1.89. The van der Waals surface area contributed by atoms with Crippen molar-refractivity contribution in [1.29, 1.82) is 0 Å². The SMILES string of the molecule is CCOC(C)=O.[N-]=[N+]=CC(=O)O. The summed E-state index contributed by atoms with van der Waals surface area (Å²) < 4.78 is 4.40. The Morgan fingerprint density at radius 1 is 1.67 bits per heavy atom. The van der Waals surface area contributed by atoms with Crippen LogP contribution in [0.1, 0.15) is 13.8 Å². The maximum atomic E-state index is 9.82. The second-order valence-electron chi connectivity index (χ2n) is 1.51. The fraction of sp³-hybridized carbons (Fsp3) is 0.500. The second-order valence-corrected chi connectivity index (χ2v) is 1.51. The van der Waals surface area contributed by atoms with Crippen molar-refractivity contribution >= 4 is 18.2 Å². The minimum atomic E-state index is -1.25. The summed E-state index contributed by atoms with van der Waals surface area (Å²) in [5.74, 6) is -1.46. The van der Waals surface area contributed by atoms with E-state index in [2.05, 4.69) is 9.53 Å². The molecule has 0 unspecified atom stereocenters. The van der Waals surface area contributed by atoms with Crippen molar-refractivity contribution < 1.29 is 24.2 Å². The molecule has 0 aromatic heterocycles. The average molecular weight is 174 g/mol. The van der Waals surface area contributed by atoms with E-state index >= 15 is 0 Å². The fourth-order valence-electron chi connectivity index (χ4n) is 0.253. The molecule has 0 heterocycles. The molecule has 1 N–H and O–H groups in total. The lowest BCUT2D eigenvalue weighted by Crippen LogP contribution is -1.95. The van der Waals surface area contributed by atoms with Gasteiger partial charge < -0.3 is 15.4 Å². The van der Waals surface area contributed by atoms with E-state index in [9.17, 15) is 9.59 Å². The fourth-order valence-corrected chi connectivity index (χ4v) is 0.253. The van der Waals surface area contributed by atoms with Gasteiger partial charge >= 0.3 is 18.2 Å². The van der Waals surface area contributed by atoms with Crippen LogP contribution in [0.2, 0.25) is 0 Å². The van der Waals surface area contributed by atoms with Crippen molar-refractivity contribution in [2.24, 2.45) is 0 Å². The lowest BCUT2D eigenvalue weighted by atomic mass is 10.8. The lowest BCUT2D eigenvalue weighted by molar-refractivity contribution is -0.140. The number of carboxylic acid groups (broad SMARTS) is 1. The molecule has 0 aliphatic rings. The van der Waals surface area contributed by atoms with Crippen LogP contribution in [-0.2, 0) is 14.3 Å². The first-order chi connectivity index (χ1) is 5.54. The Kier molecular flexibility index (Phi) is 10.1. The highest BCUT2D eigenvalue weighted by Crippen LogP contribution is 1.69. The molecule has 0 bridgehead atoms. The number of hydrogen-bond donors (Lipinski definition) is 1. The van der Waals surface area contributed by atoms with Gasteiger partial charge in [-0.3, -0.25) is 4.79 Å². The summed E-state index contributed by atoms with van der Waals surface area (Å²) in [6, 6.07) is 0. The molecule has 0 saturated carbocycles. The molecule has 0 aromatic carbocycles. The summed E-state index contributed by atoms with van der Waals surface area (Å²) in [6.45, 7) is 3.65. The number of rotatable bonds is 2. The third kappa shape index (κ3) is 23.9. The molecule has 0 atom stereocenters. The van der Waals surface area contributed by atoms with Gasteiger partial charge in [0, 0.05) is 6.92 Å². The molecule has 0 saturated heterocycles. The quantitative estimate of drug-likeness (QED) is 0.274. The number of carbonyl (C=O) groups is 2. The van der Waals surface area contributed by atoms with Crippen LogP contribution in [0, 0.1) is 0 Å². The van der Waals surface area contributed by atoms with Gasteiger partial charge in [-0.2, -0.15) is 4.79 Å². The Morgan fingerprint density at radius 2 is 2.17 bits per heavy atom. The van der Waals surface area contributed by atoms with Crippen molar-refractivity contribution in [3.63, 3.8) is 0 Å². The predicted molar refractivity (Wildman–Crippen MR) is 39.6 cm³/mol. The zero-order chi connectivity index (χ0) is 9.98. The Morgan fingerprint density at radius 3 is 2.17 bits per heavy atom. The summed E-state index contributed by atoms with van der Waals surface area (Å²) in [5.41, 5.74) is 7.43. The topological polar surface area (TPSA) is 100 Å². The third-order valence-electron chi connectivity index (χ3n) is 0.516. The molecule has 0 fully saturated rings. The van der Waals surface area contributed by atoms with Gasteiger partial charge in [-0.05, 0) is 6.92 Å². The average Bonchev–Trinajstić information content (AvgIpc) is 1.87. The molecule has 0 aliphatic carbocycles. The van der Waals surface area contributed by atoms with Crippen LogP contribution in [0.4, 0.5) is 0 Å². The van der Waals surface area contributed by atoms with E-state index in [1.165, 1.54) is 6.92 Å². The molecule has 12 heavy (non-hydrogen) atoms. The molecule has 0 amide bonds. The van der Waals surface area contributed by atoms with Crippen molar-refractivity contribution in [2.75, 3.05) is 6.61 Å². The van der Waals surface area contributed by atoms with E-state index in [4.69, 9.17) is 10.6 Å². The van der Waals surface area contributed by atoms with Crippen LogP contribution < -0.4 is 0 Å². The number of carbonyl (C=O) groups excluding carboxylic acids is 1. The highest BCUT2D eigenvalue weighted by Gasteiger charge is 1.88. The number of aliphatic carboxylic acids is 1. The van der Waals surface area contributed by atoms with Crippen LogP contribution in [-0.4, -0.2) is 34.7 Å². The Balaban J connectivity index is 0. The molecular weight excluding hydrogens is 164 g/mol. The largest absolute Gasteiger partial charge is 0.473 e. The molecule has 6 heteroatoms. The molecular formula is C6H10N2O4. The molecule has 0 rings (SSSR count). The second kappa shape index (κ2) is 9.32. The minimum Gasteiger partial charge on any atom is -0.473 e. The molecule has 6 nitrogen and oxygen atoms in total. The van der Waals surface area contributed by atoms with E-state index in [0.717, 1.165) is 0 Å². The van der Waals surface area contributed by atoms with Gasteiger partial charge in [-0.25, -0.2) is 4.79 Å². The summed E-state index contributed by atoms with van der Waals surface area (Å²) in [5, 5.41) is 7.60. The standard InChI is InChI=1S/C4H8O2.C2H2N2O2/c1-3-6-4(2)5;3-4-1-2(5)6/h3H2,1-2H3;1H,(H,5,6). The third-order valence-corrected chi connectivity index (χ3v) is 0.516. The number of hydrogen-bond acceptors (Lipinski definition) is 3. The van der Waals surface area contributed by atoms with Gasteiger partial charge in [0.15, 0.2) is 0 Å². The van der Waals surface area contributed by atoms with E-state index in [1.54, 1.807) is 6.92 Å². The van der Waals surface area contributed by atoms with Crippen molar-refractivity contribution in [3.05, 3.63) is 5.53 Å². The highest BCUT2D eigenvalue weighted by molar-refractivity contribution is 6.19. The number of nitrogens with zero attached hydrogens (tertiary/aromatic N) is 2. The number of carboxylic acids is 1. The van der Waals surface area contributed by atoms with Gasteiger partial charge in [0.05, 0.1) is 6.61 Å². The van der Waals surface area contributed by atoms with Crippen molar-refractivity contribution in [1.82, 2.24) is 0 Å². The van der Waals surface area contributed by atoms with Crippen LogP contribution in [0.5, 0.6) is 0 Å². The Bertz CT molecular complexity index is 196. The normalized spacial score (nSPS) is 6.83. The van der Waals surface area contributed by atoms with E-state index in [0.29, 0.717) is 12.8 Å². The predicted octanol–water partition coefficient (Wildman–Crippen LogP) is -0.0590. The first-order valence-corrected chi connectivity index (χ1v) is 3.08. The van der Waals surface area contributed by atoms with Gasteiger partial charge in [-0.15, -0.1) is 0 Å². The van der Waals surface area contributed by atoms with Gasteiger partial charge in [0.2, 0.25) is 0 Å². The summed E-state index contributed by atoms with van der Waals surface area (Å²) in [7, 11) is 0. The van der Waals surface area contributed by atoms with Crippen LogP contribution in [0.25, 0.3) is 5.53 Å². The molecule has 0 radical (unpaired) electrons. The van der Waals surface area contributed by atoms with Crippen molar-refractivity contribution in [3.8, 4) is 0 Å². The number of ether oxygens (including phenoxy) is 1. The van der Waals surface area contributed by atoms with Gasteiger partial charge in [0.25, 0.3) is 0 Å². The highest BCUT2D eigenvalue weighted by atomic mass is 16.5. The molecule has 0 aliphatic heterocycles. The van der Waals surface area contributed by atoms with Crippen LogP contribution in [0.15, 0.2) is 0 Å². The van der Waals surface area contributed by atoms with Gasteiger partial charge in [-0.1, -0.05) is 0 Å². The minimum absolute atomic E-state index is 0.211. The first-order valence-electron chi connectivity index (χ1n) is 3.08. The summed E-state index contributed by atoms with van der Waals surface area (Å²) >= 11 is 0. The Hall–Kier alpha value is -1.68. The summed E-state index contributed by atoms with van der Waals surface area (Å²) in [4.78, 5) is 21.3. The van der Waals surface area contributed by atoms with E-state index in [1.807, 2.05) is 0 Å². The molecule has 68 valence electrons. The van der Waals surface area contributed by atoms with E-state index < -0.39 is 5.97 Å². The molecule has 0 spiro atoms. The zero-order valence-corrected chi connectivity index (χ0v) is 6.85. The van der Waals surface area contributed by atoms with Gasteiger partial charge in [0.1, 0.15) is 0 Å². The smallest absolute Gasteiger partial charge is 0.411 e. The number of esters is 1. The van der Waals surface area contributed by atoms with Crippen molar-refractivity contribution in [2.45, 2.75) is 13.8 Å². The van der Waals surface area contributed by atoms with Crippen LogP contribution >= 0.6 is 0 Å². The zero-order valence-electron chi connectivity index (χ0n) is 6.85. The molecule has 0 aromatic rings. The van der Waals surface area contributed by atoms with Crippen LogP contribution in [0.3, 0.4) is 0 Å². The Labute approximate surface area is 69.4 Å². The monoisotopic (exact) mass is 174 g/mol. The first kappa shape index (κ1) is 12.9. The maximum Gasteiger partial charge on any atom is 0.411 e.